The third-order valence-electron chi connectivity index (χ3n) is 3.35. The SMILES string of the molecule is COc1ccc(OCCCC(C)(N)C#N)c(C(C)(C)C)c1. The zero-order valence-corrected chi connectivity index (χ0v) is 13.7. The van der Waals surface area contributed by atoms with Gasteiger partial charge in [0.25, 0.3) is 0 Å². The van der Waals surface area contributed by atoms with Gasteiger partial charge in [-0.3, -0.25) is 0 Å². The molecule has 0 radical (unpaired) electrons. The Labute approximate surface area is 127 Å². The Morgan fingerprint density at radius 1 is 1.24 bits per heavy atom. The van der Waals surface area contributed by atoms with E-state index in [1.165, 1.54) is 0 Å². The van der Waals surface area contributed by atoms with Gasteiger partial charge >= 0.3 is 0 Å². The first-order chi connectivity index (χ1) is 9.69. The van der Waals surface area contributed by atoms with Crippen LogP contribution in [0.2, 0.25) is 0 Å². The van der Waals surface area contributed by atoms with Gasteiger partial charge in [-0.25, -0.2) is 0 Å². The van der Waals surface area contributed by atoms with E-state index >= 15 is 0 Å². The minimum atomic E-state index is -0.782. The predicted molar refractivity (Wildman–Crippen MR) is 84.6 cm³/mol. The summed E-state index contributed by atoms with van der Waals surface area (Å²) in [5, 5.41) is 8.89. The van der Waals surface area contributed by atoms with E-state index in [2.05, 4.69) is 26.8 Å². The number of methoxy groups -OCH3 is 1. The summed E-state index contributed by atoms with van der Waals surface area (Å²) < 4.78 is 11.2. The molecule has 0 aliphatic heterocycles. The van der Waals surface area contributed by atoms with Gasteiger partial charge in [0.15, 0.2) is 0 Å². The smallest absolute Gasteiger partial charge is 0.123 e. The van der Waals surface area contributed by atoms with Crippen LogP contribution >= 0.6 is 0 Å². The molecule has 1 aromatic carbocycles. The number of nitrogens with zero attached hydrogens (tertiary/aromatic N) is 1. The molecule has 0 amide bonds. The monoisotopic (exact) mass is 290 g/mol. The van der Waals surface area contributed by atoms with Crippen LogP contribution in [0.3, 0.4) is 0 Å². The van der Waals surface area contributed by atoms with Gasteiger partial charge in [-0.15, -0.1) is 0 Å². The summed E-state index contributed by atoms with van der Waals surface area (Å²) in [5.41, 5.74) is 6.10. The van der Waals surface area contributed by atoms with Crippen LogP contribution in [-0.4, -0.2) is 19.3 Å². The summed E-state index contributed by atoms with van der Waals surface area (Å²) in [5.74, 6) is 1.69. The second-order valence-corrected chi connectivity index (χ2v) is 6.59. The molecular formula is C17H26N2O2. The van der Waals surface area contributed by atoms with E-state index in [0.717, 1.165) is 23.5 Å². The molecule has 1 atom stereocenters. The molecule has 1 unspecified atom stereocenters. The quantitative estimate of drug-likeness (QED) is 0.815. The molecule has 0 saturated heterocycles. The second kappa shape index (κ2) is 6.82. The Kier molecular flexibility index (Phi) is 5.62. The third-order valence-corrected chi connectivity index (χ3v) is 3.35. The lowest BCUT2D eigenvalue weighted by Crippen LogP contribution is -2.34. The Morgan fingerprint density at radius 3 is 2.43 bits per heavy atom. The molecule has 0 aliphatic rings. The fourth-order valence-corrected chi connectivity index (χ4v) is 2.03. The molecule has 0 heterocycles. The highest BCUT2D eigenvalue weighted by Crippen LogP contribution is 2.34. The van der Waals surface area contributed by atoms with Crippen molar-refractivity contribution in [1.82, 2.24) is 0 Å². The normalized spacial score (nSPS) is 14.1. The lowest BCUT2D eigenvalue weighted by Gasteiger charge is -2.24. The van der Waals surface area contributed by atoms with E-state index in [1.807, 2.05) is 18.2 Å². The van der Waals surface area contributed by atoms with Crippen molar-refractivity contribution in [2.75, 3.05) is 13.7 Å². The van der Waals surface area contributed by atoms with Gasteiger partial charge < -0.3 is 15.2 Å². The maximum atomic E-state index is 8.89. The predicted octanol–water partition coefficient (Wildman–Crippen LogP) is 3.39. The van der Waals surface area contributed by atoms with Crippen molar-refractivity contribution in [2.24, 2.45) is 5.73 Å². The maximum absolute atomic E-state index is 8.89. The molecule has 0 spiro atoms. The van der Waals surface area contributed by atoms with Gasteiger partial charge in [0.05, 0.1) is 19.8 Å². The highest BCUT2D eigenvalue weighted by Gasteiger charge is 2.20. The zero-order valence-electron chi connectivity index (χ0n) is 13.7. The summed E-state index contributed by atoms with van der Waals surface area (Å²) in [6.07, 6.45) is 1.36. The summed E-state index contributed by atoms with van der Waals surface area (Å²) >= 11 is 0. The molecule has 0 aromatic heterocycles. The fraction of sp³-hybridized carbons (Fsp3) is 0.588. The van der Waals surface area contributed by atoms with Gasteiger partial charge in [-0.05, 0) is 43.4 Å². The Balaban J connectivity index is 2.73. The molecule has 0 bridgehead atoms. The van der Waals surface area contributed by atoms with Crippen molar-refractivity contribution in [2.45, 2.75) is 51.5 Å². The van der Waals surface area contributed by atoms with Crippen molar-refractivity contribution >= 4 is 0 Å². The number of hydrogen-bond donors (Lipinski definition) is 1. The maximum Gasteiger partial charge on any atom is 0.123 e. The van der Waals surface area contributed by atoms with Crippen LogP contribution < -0.4 is 15.2 Å². The zero-order chi connectivity index (χ0) is 16.1. The Morgan fingerprint density at radius 2 is 1.90 bits per heavy atom. The minimum absolute atomic E-state index is 0.0289. The first-order valence-corrected chi connectivity index (χ1v) is 7.21. The molecule has 116 valence electrons. The van der Waals surface area contributed by atoms with Crippen molar-refractivity contribution in [3.05, 3.63) is 23.8 Å². The molecule has 0 fully saturated rings. The number of benzene rings is 1. The van der Waals surface area contributed by atoms with Gasteiger partial charge in [0.1, 0.15) is 17.0 Å². The van der Waals surface area contributed by atoms with E-state index in [-0.39, 0.29) is 5.41 Å². The van der Waals surface area contributed by atoms with Crippen molar-refractivity contribution in [3.63, 3.8) is 0 Å². The Bertz CT molecular complexity index is 511. The van der Waals surface area contributed by atoms with E-state index in [0.29, 0.717) is 13.0 Å². The second-order valence-electron chi connectivity index (χ2n) is 6.59. The highest BCUT2D eigenvalue weighted by atomic mass is 16.5. The topological polar surface area (TPSA) is 68.3 Å². The summed E-state index contributed by atoms with van der Waals surface area (Å²) in [4.78, 5) is 0. The van der Waals surface area contributed by atoms with E-state index in [4.69, 9.17) is 20.5 Å². The summed E-state index contributed by atoms with van der Waals surface area (Å²) in [7, 11) is 1.66. The molecular weight excluding hydrogens is 264 g/mol. The number of nitrogens with two attached hydrogens (primary N) is 1. The average Bonchev–Trinajstić information content (AvgIpc) is 2.42. The Hall–Kier alpha value is -1.73. The van der Waals surface area contributed by atoms with Crippen molar-refractivity contribution in [1.29, 1.82) is 5.26 Å². The van der Waals surface area contributed by atoms with E-state index in [1.54, 1.807) is 14.0 Å². The van der Waals surface area contributed by atoms with Crippen LogP contribution in [0.15, 0.2) is 18.2 Å². The van der Waals surface area contributed by atoms with Crippen molar-refractivity contribution < 1.29 is 9.47 Å². The van der Waals surface area contributed by atoms with Gasteiger partial charge in [-0.2, -0.15) is 5.26 Å². The highest BCUT2D eigenvalue weighted by molar-refractivity contribution is 5.44. The first-order valence-electron chi connectivity index (χ1n) is 7.21. The van der Waals surface area contributed by atoms with E-state index < -0.39 is 5.54 Å². The minimum Gasteiger partial charge on any atom is -0.497 e. The fourth-order valence-electron chi connectivity index (χ4n) is 2.03. The number of nitriles is 1. The molecule has 1 aromatic rings. The van der Waals surface area contributed by atoms with Crippen molar-refractivity contribution in [3.8, 4) is 17.6 Å². The molecule has 1 rings (SSSR count). The number of ether oxygens (including phenoxy) is 2. The lowest BCUT2D eigenvalue weighted by molar-refractivity contribution is 0.288. The van der Waals surface area contributed by atoms with Crippen LogP contribution in [0.4, 0.5) is 0 Å². The van der Waals surface area contributed by atoms with Gasteiger partial charge in [-0.1, -0.05) is 20.8 Å². The van der Waals surface area contributed by atoms with Crippen LogP contribution in [0.5, 0.6) is 11.5 Å². The molecule has 4 heteroatoms. The van der Waals surface area contributed by atoms with Gasteiger partial charge in [0.2, 0.25) is 0 Å². The summed E-state index contributed by atoms with van der Waals surface area (Å²) in [6.45, 7) is 8.70. The van der Waals surface area contributed by atoms with E-state index in [9.17, 15) is 0 Å². The van der Waals surface area contributed by atoms with Crippen LogP contribution in [-0.2, 0) is 5.41 Å². The molecule has 21 heavy (non-hydrogen) atoms. The number of hydrogen-bond acceptors (Lipinski definition) is 4. The molecule has 4 nitrogen and oxygen atoms in total. The van der Waals surface area contributed by atoms with Crippen LogP contribution in [0.25, 0.3) is 0 Å². The van der Waals surface area contributed by atoms with Gasteiger partial charge in [0, 0.05) is 5.56 Å². The average molecular weight is 290 g/mol. The largest absolute Gasteiger partial charge is 0.497 e. The van der Waals surface area contributed by atoms with Crippen LogP contribution in [0, 0.1) is 11.3 Å². The molecule has 0 saturated carbocycles. The standard InChI is InChI=1S/C17H26N2O2/c1-16(2,3)14-11-13(20-5)7-8-15(14)21-10-6-9-17(4,19)12-18/h7-8,11H,6,9-10,19H2,1-5H3. The first kappa shape index (κ1) is 17.3. The molecule has 0 aliphatic carbocycles. The summed E-state index contributed by atoms with van der Waals surface area (Å²) in [6, 6.07) is 7.94. The third kappa shape index (κ3) is 5.28. The molecule has 2 N–H and O–H groups in total. The van der Waals surface area contributed by atoms with Crippen LogP contribution in [0.1, 0.15) is 46.1 Å². The number of rotatable bonds is 6. The lowest BCUT2D eigenvalue weighted by atomic mass is 9.86.